The average molecular weight is 505 g/mol. The van der Waals surface area contributed by atoms with Crippen LogP contribution in [0, 0.1) is 0 Å². The number of allylic oxidation sites excluding steroid dienone is 9. The van der Waals surface area contributed by atoms with Crippen molar-refractivity contribution in [1.82, 2.24) is 4.90 Å². The van der Waals surface area contributed by atoms with Crippen LogP contribution in [0.2, 0.25) is 0 Å². The van der Waals surface area contributed by atoms with Crippen LogP contribution < -0.4 is 0 Å². The number of benzene rings is 2. The highest BCUT2D eigenvalue weighted by Crippen LogP contribution is 2.21. The summed E-state index contributed by atoms with van der Waals surface area (Å²) in [6, 6.07) is 16.6. The molecule has 4 nitrogen and oxygen atoms in total. The van der Waals surface area contributed by atoms with Crippen molar-refractivity contribution in [1.29, 1.82) is 0 Å². The standard InChI is InChI=1S/C34H40N4/c1-8-10-11-12-13-14-18-29-19-15-22-32(24-29)34(37-28(4)35-5)36-26-30-20-16-21-31(25-30)33(38(6)7)23-27(3)17-9-2/h8-12,14-25H,3,5,13,26H2,1-2,4,6-7H3/b10-8+,12-11-,17-9-,18-14+,33-23-,36-34-,37-28-. The van der Waals surface area contributed by atoms with Crippen LogP contribution in [0.5, 0.6) is 0 Å². The van der Waals surface area contributed by atoms with Gasteiger partial charge in [0.1, 0.15) is 5.84 Å². The van der Waals surface area contributed by atoms with Gasteiger partial charge in [0, 0.05) is 25.4 Å². The van der Waals surface area contributed by atoms with Gasteiger partial charge in [0.2, 0.25) is 0 Å². The van der Waals surface area contributed by atoms with Crippen molar-refractivity contribution in [2.75, 3.05) is 14.1 Å². The molecule has 0 aliphatic heterocycles. The van der Waals surface area contributed by atoms with E-state index in [4.69, 9.17) is 4.99 Å². The molecule has 0 radical (unpaired) electrons. The van der Waals surface area contributed by atoms with E-state index in [1.54, 1.807) is 0 Å². The average Bonchev–Trinajstić information content (AvgIpc) is 2.91. The van der Waals surface area contributed by atoms with Gasteiger partial charge in [-0.3, -0.25) is 4.99 Å². The maximum atomic E-state index is 4.90. The Balaban J connectivity index is 2.37. The number of hydrogen-bond donors (Lipinski definition) is 0. The summed E-state index contributed by atoms with van der Waals surface area (Å²) in [7, 11) is 4.08. The molecule has 0 bridgehead atoms. The molecule has 2 aromatic rings. The van der Waals surface area contributed by atoms with Gasteiger partial charge in [-0.25, -0.2) is 9.98 Å². The van der Waals surface area contributed by atoms with Crippen molar-refractivity contribution in [3.8, 4) is 0 Å². The molecule has 0 unspecified atom stereocenters. The molecule has 2 rings (SSSR count). The summed E-state index contributed by atoms with van der Waals surface area (Å²) in [5.74, 6) is 1.21. The van der Waals surface area contributed by atoms with Gasteiger partial charge in [-0.1, -0.05) is 91.6 Å². The predicted octanol–water partition coefficient (Wildman–Crippen LogP) is 8.32. The van der Waals surface area contributed by atoms with Gasteiger partial charge in [-0.15, -0.1) is 0 Å². The highest BCUT2D eigenvalue weighted by Gasteiger charge is 2.07. The summed E-state index contributed by atoms with van der Waals surface area (Å²) < 4.78 is 0. The second-order valence-electron chi connectivity index (χ2n) is 8.87. The molecule has 4 heteroatoms. The van der Waals surface area contributed by atoms with E-state index >= 15 is 0 Å². The molecule has 0 amide bonds. The van der Waals surface area contributed by atoms with Crippen molar-refractivity contribution < 1.29 is 0 Å². The Morgan fingerprint density at radius 3 is 2.42 bits per heavy atom. The zero-order valence-electron chi connectivity index (χ0n) is 23.4. The van der Waals surface area contributed by atoms with E-state index in [1.165, 1.54) is 0 Å². The largest absolute Gasteiger partial charge is 0.377 e. The SMILES string of the molecule is C=N/C(C)=N\C(=N/Cc1cccc(/C(=C/C(=C)/C=C\C)N(C)C)c1)c1cccc(/C=C/C/C=C\C=C\C)c1. The highest BCUT2D eigenvalue weighted by molar-refractivity contribution is 6.07. The van der Waals surface area contributed by atoms with Crippen molar-refractivity contribution in [3.05, 3.63) is 132 Å². The van der Waals surface area contributed by atoms with Gasteiger partial charge < -0.3 is 4.90 Å². The maximum Gasteiger partial charge on any atom is 0.157 e. The normalized spacial score (nSPS) is 13.3. The summed E-state index contributed by atoms with van der Waals surface area (Å²) in [6.45, 7) is 14.1. The van der Waals surface area contributed by atoms with Crippen LogP contribution in [-0.2, 0) is 6.54 Å². The molecule has 0 N–H and O–H groups in total. The molecular weight excluding hydrogens is 464 g/mol. The summed E-state index contributed by atoms with van der Waals surface area (Å²) in [6.07, 6.45) is 19.4. The summed E-state index contributed by atoms with van der Waals surface area (Å²) in [4.78, 5) is 15.6. The van der Waals surface area contributed by atoms with Crippen molar-refractivity contribution in [3.63, 3.8) is 0 Å². The third-order valence-electron chi connectivity index (χ3n) is 5.48. The molecule has 0 saturated heterocycles. The second-order valence-corrected chi connectivity index (χ2v) is 8.87. The first-order chi connectivity index (χ1) is 18.4. The molecule has 0 heterocycles. The summed E-state index contributed by atoms with van der Waals surface area (Å²) in [5.41, 5.74) is 6.27. The van der Waals surface area contributed by atoms with Crippen LogP contribution in [0.1, 0.15) is 49.4 Å². The Bertz CT molecular complexity index is 1300. The number of aliphatic imine (C=N–C) groups is 3. The Labute approximate surface area is 229 Å². The summed E-state index contributed by atoms with van der Waals surface area (Å²) in [5, 5.41) is 0. The quantitative estimate of drug-likeness (QED) is 0.172. The molecule has 2 aromatic carbocycles. The van der Waals surface area contributed by atoms with Gasteiger partial charge >= 0.3 is 0 Å². The minimum absolute atomic E-state index is 0.490. The van der Waals surface area contributed by atoms with Gasteiger partial charge in [0.25, 0.3) is 0 Å². The van der Waals surface area contributed by atoms with Crippen LogP contribution in [0.3, 0.4) is 0 Å². The molecule has 38 heavy (non-hydrogen) atoms. The monoisotopic (exact) mass is 504 g/mol. The van der Waals surface area contributed by atoms with E-state index < -0.39 is 0 Å². The lowest BCUT2D eigenvalue weighted by Crippen LogP contribution is -2.10. The molecule has 0 aliphatic carbocycles. The van der Waals surface area contributed by atoms with Crippen LogP contribution in [0.15, 0.2) is 124 Å². The van der Waals surface area contributed by atoms with E-state index in [1.807, 2.05) is 71.3 Å². The Morgan fingerprint density at radius 1 is 0.947 bits per heavy atom. The zero-order chi connectivity index (χ0) is 27.8. The smallest absolute Gasteiger partial charge is 0.157 e. The van der Waals surface area contributed by atoms with E-state index in [0.29, 0.717) is 18.2 Å². The van der Waals surface area contributed by atoms with Gasteiger partial charge in [0.05, 0.1) is 6.54 Å². The highest BCUT2D eigenvalue weighted by atomic mass is 15.1. The topological polar surface area (TPSA) is 40.3 Å². The molecule has 0 aromatic heterocycles. The number of nitrogens with zero attached hydrogens (tertiary/aromatic N) is 4. The van der Waals surface area contributed by atoms with Gasteiger partial charge in [0.15, 0.2) is 5.84 Å². The molecule has 196 valence electrons. The van der Waals surface area contributed by atoms with Crippen LogP contribution in [0.4, 0.5) is 0 Å². The Morgan fingerprint density at radius 2 is 1.71 bits per heavy atom. The van der Waals surface area contributed by atoms with Crippen molar-refractivity contribution in [2.24, 2.45) is 15.0 Å². The first kappa shape index (κ1) is 29.9. The third kappa shape index (κ3) is 10.4. The molecule has 0 atom stereocenters. The maximum absolute atomic E-state index is 4.90. The minimum atomic E-state index is 0.490. The fraction of sp³-hybridized carbons (Fsp3) is 0.206. The first-order valence-corrected chi connectivity index (χ1v) is 12.8. The zero-order valence-corrected chi connectivity index (χ0v) is 23.4. The number of rotatable bonds is 11. The van der Waals surface area contributed by atoms with Crippen LogP contribution >= 0.6 is 0 Å². The van der Waals surface area contributed by atoms with E-state index in [0.717, 1.165) is 39.9 Å². The first-order valence-electron chi connectivity index (χ1n) is 12.8. The fourth-order valence-corrected chi connectivity index (χ4v) is 3.62. The fourth-order valence-electron chi connectivity index (χ4n) is 3.62. The molecule has 0 aliphatic rings. The van der Waals surface area contributed by atoms with Gasteiger partial charge in [-0.05, 0) is 74.4 Å². The number of hydrogen-bond acceptors (Lipinski definition) is 2. The van der Waals surface area contributed by atoms with Crippen LogP contribution in [-0.4, -0.2) is 37.4 Å². The third-order valence-corrected chi connectivity index (χ3v) is 5.48. The summed E-state index contributed by atoms with van der Waals surface area (Å²) >= 11 is 0. The molecule has 0 saturated carbocycles. The lowest BCUT2D eigenvalue weighted by Gasteiger charge is -2.18. The Hall–Kier alpha value is -4.31. The molecule has 0 spiro atoms. The molecule has 0 fully saturated rings. The van der Waals surface area contributed by atoms with E-state index in [9.17, 15) is 0 Å². The Kier molecular flexibility index (Phi) is 12.9. The molecular formula is C34H40N4. The van der Waals surface area contributed by atoms with Gasteiger partial charge in [-0.2, -0.15) is 0 Å². The lowest BCUT2D eigenvalue weighted by atomic mass is 10.0. The number of amidine groups is 2. The predicted molar refractivity (Wildman–Crippen MR) is 169 cm³/mol. The lowest BCUT2D eigenvalue weighted by molar-refractivity contribution is 0.591. The minimum Gasteiger partial charge on any atom is -0.377 e. The second kappa shape index (κ2) is 16.4. The van der Waals surface area contributed by atoms with E-state index in [-0.39, 0.29) is 0 Å². The van der Waals surface area contributed by atoms with E-state index in [2.05, 4.69) is 95.0 Å². The van der Waals surface area contributed by atoms with Crippen molar-refractivity contribution in [2.45, 2.75) is 33.7 Å². The van der Waals surface area contributed by atoms with Crippen molar-refractivity contribution >= 4 is 30.2 Å². The van der Waals surface area contributed by atoms with Crippen LogP contribution in [0.25, 0.3) is 11.8 Å².